The van der Waals surface area contributed by atoms with Gasteiger partial charge in [-0.15, -0.1) is 5.10 Å². The summed E-state index contributed by atoms with van der Waals surface area (Å²) in [6.45, 7) is 1.74. The number of nitrogens with zero attached hydrogens (tertiary/aromatic N) is 3. The van der Waals surface area contributed by atoms with Gasteiger partial charge in [0.1, 0.15) is 5.52 Å². The lowest BCUT2D eigenvalue weighted by atomic mass is 10.3. The highest BCUT2D eigenvalue weighted by atomic mass is 19.1. The van der Waals surface area contributed by atoms with Crippen molar-refractivity contribution in [3.05, 3.63) is 24.0 Å². The third-order valence-corrected chi connectivity index (χ3v) is 2.14. The van der Waals surface area contributed by atoms with E-state index in [1.165, 1.54) is 10.7 Å². The molecule has 1 aromatic heterocycles. The fourth-order valence-electron chi connectivity index (χ4n) is 1.33. The first-order valence-corrected chi connectivity index (χ1v) is 4.34. The Kier molecular flexibility index (Phi) is 2.17. The minimum Gasteiger partial charge on any atom is -0.394 e. The van der Waals surface area contributed by atoms with Gasteiger partial charge in [0.2, 0.25) is 0 Å². The summed E-state index contributed by atoms with van der Waals surface area (Å²) >= 11 is 0. The Labute approximate surface area is 80.0 Å². The molecule has 0 saturated heterocycles. The predicted molar refractivity (Wildman–Crippen MR) is 49.3 cm³/mol. The molecule has 1 N–H and O–H groups in total. The van der Waals surface area contributed by atoms with Gasteiger partial charge >= 0.3 is 0 Å². The summed E-state index contributed by atoms with van der Waals surface area (Å²) in [6.07, 6.45) is 0. The van der Waals surface area contributed by atoms with Crippen LogP contribution in [-0.2, 0) is 0 Å². The van der Waals surface area contributed by atoms with Crippen molar-refractivity contribution in [2.45, 2.75) is 13.0 Å². The minimum atomic E-state index is -0.390. The molecule has 0 saturated carbocycles. The van der Waals surface area contributed by atoms with Crippen molar-refractivity contribution in [1.29, 1.82) is 0 Å². The Morgan fingerprint density at radius 2 is 2.36 bits per heavy atom. The summed E-state index contributed by atoms with van der Waals surface area (Å²) in [5, 5.41) is 16.5. The number of aliphatic hydroxyl groups is 1. The molecule has 1 unspecified atom stereocenters. The van der Waals surface area contributed by atoms with Gasteiger partial charge in [0, 0.05) is 0 Å². The third-order valence-electron chi connectivity index (χ3n) is 2.14. The first-order valence-electron chi connectivity index (χ1n) is 4.34. The van der Waals surface area contributed by atoms with Crippen molar-refractivity contribution in [2.75, 3.05) is 6.61 Å². The standard InChI is InChI=1S/C9H10FN3O/c1-6(5-14)13-8-4-2-3-7(10)9(8)11-12-13/h2-4,6,14H,5H2,1H3. The number of hydrogen-bond donors (Lipinski definition) is 1. The maximum absolute atomic E-state index is 13.2. The van der Waals surface area contributed by atoms with E-state index in [1.54, 1.807) is 19.1 Å². The second-order valence-electron chi connectivity index (χ2n) is 3.17. The van der Waals surface area contributed by atoms with Crippen LogP contribution < -0.4 is 0 Å². The van der Waals surface area contributed by atoms with E-state index in [4.69, 9.17) is 5.11 Å². The Balaban J connectivity index is 2.63. The monoisotopic (exact) mass is 195 g/mol. The van der Waals surface area contributed by atoms with Crippen LogP contribution in [0, 0.1) is 5.82 Å². The van der Waals surface area contributed by atoms with Crippen molar-refractivity contribution < 1.29 is 9.50 Å². The summed E-state index contributed by atoms with van der Waals surface area (Å²) in [5.41, 5.74) is 0.847. The molecule has 0 radical (unpaired) electrons. The largest absolute Gasteiger partial charge is 0.394 e. The van der Waals surface area contributed by atoms with Crippen molar-refractivity contribution in [1.82, 2.24) is 15.0 Å². The molecule has 4 nitrogen and oxygen atoms in total. The zero-order valence-corrected chi connectivity index (χ0v) is 7.68. The van der Waals surface area contributed by atoms with Gasteiger partial charge < -0.3 is 5.11 Å². The van der Waals surface area contributed by atoms with E-state index in [0.717, 1.165) is 0 Å². The molecule has 0 bridgehead atoms. The molecular weight excluding hydrogens is 185 g/mol. The fourth-order valence-corrected chi connectivity index (χ4v) is 1.33. The second-order valence-corrected chi connectivity index (χ2v) is 3.17. The van der Waals surface area contributed by atoms with Crippen molar-refractivity contribution in [3.63, 3.8) is 0 Å². The Morgan fingerprint density at radius 3 is 3.07 bits per heavy atom. The topological polar surface area (TPSA) is 50.9 Å². The second kappa shape index (κ2) is 3.34. The number of rotatable bonds is 2. The summed E-state index contributed by atoms with van der Waals surface area (Å²) in [5.74, 6) is -0.390. The van der Waals surface area contributed by atoms with Crippen molar-refractivity contribution >= 4 is 11.0 Å². The molecule has 0 aliphatic heterocycles. The lowest BCUT2D eigenvalue weighted by molar-refractivity contribution is 0.231. The molecule has 5 heteroatoms. The summed E-state index contributed by atoms with van der Waals surface area (Å²) < 4.78 is 14.7. The van der Waals surface area contributed by atoms with Gasteiger partial charge in [0.15, 0.2) is 5.82 Å². The molecule has 74 valence electrons. The summed E-state index contributed by atoms with van der Waals surface area (Å²) in [4.78, 5) is 0. The van der Waals surface area contributed by atoms with Crippen LogP contribution in [0.4, 0.5) is 4.39 Å². The average molecular weight is 195 g/mol. The lowest BCUT2D eigenvalue weighted by Gasteiger charge is -2.07. The number of hydrogen-bond acceptors (Lipinski definition) is 3. The maximum Gasteiger partial charge on any atom is 0.152 e. The quantitative estimate of drug-likeness (QED) is 0.781. The van der Waals surface area contributed by atoms with Crippen LogP contribution in [-0.4, -0.2) is 26.7 Å². The number of aliphatic hydroxyl groups excluding tert-OH is 1. The van der Waals surface area contributed by atoms with Crippen LogP contribution in [0.25, 0.3) is 11.0 Å². The third kappa shape index (κ3) is 1.26. The van der Waals surface area contributed by atoms with E-state index < -0.39 is 0 Å². The van der Waals surface area contributed by atoms with Crippen molar-refractivity contribution in [2.24, 2.45) is 0 Å². The molecule has 1 aromatic carbocycles. The SMILES string of the molecule is CC(CO)n1nnc2c(F)cccc21. The molecule has 2 rings (SSSR count). The molecule has 1 heterocycles. The molecule has 0 aliphatic rings. The molecule has 0 spiro atoms. The van der Waals surface area contributed by atoms with Crippen LogP contribution in [0.3, 0.4) is 0 Å². The van der Waals surface area contributed by atoms with Gasteiger partial charge in [-0.25, -0.2) is 9.07 Å². The van der Waals surface area contributed by atoms with E-state index in [-0.39, 0.29) is 24.0 Å². The van der Waals surface area contributed by atoms with E-state index in [1.807, 2.05) is 0 Å². The number of aromatic nitrogens is 3. The van der Waals surface area contributed by atoms with Gasteiger partial charge in [-0.05, 0) is 19.1 Å². The van der Waals surface area contributed by atoms with E-state index in [9.17, 15) is 4.39 Å². The van der Waals surface area contributed by atoms with Gasteiger partial charge in [-0.2, -0.15) is 0 Å². The lowest BCUT2D eigenvalue weighted by Crippen LogP contribution is -2.10. The fraction of sp³-hybridized carbons (Fsp3) is 0.333. The van der Waals surface area contributed by atoms with Gasteiger partial charge in [0.05, 0.1) is 18.2 Å². The molecule has 2 aromatic rings. The van der Waals surface area contributed by atoms with E-state index in [2.05, 4.69) is 10.3 Å². The molecule has 0 amide bonds. The van der Waals surface area contributed by atoms with Gasteiger partial charge in [-0.1, -0.05) is 11.3 Å². The highest BCUT2D eigenvalue weighted by Crippen LogP contribution is 2.17. The first-order chi connectivity index (χ1) is 6.74. The summed E-state index contributed by atoms with van der Waals surface area (Å²) in [6, 6.07) is 4.47. The average Bonchev–Trinajstić information content (AvgIpc) is 2.62. The van der Waals surface area contributed by atoms with Crippen LogP contribution >= 0.6 is 0 Å². The highest BCUT2D eigenvalue weighted by Gasteiger charge is 2.12. The smallest absolute Gasteiger partial charge is 0.152 e. The molecular formula is C9H10FN3O. The number of benzene rings is 1. The van der Waals surface area contributed by atoms with Gasteiger partial charge in [0.25, 0.3) is 0 Å². The first kappa shape index (κ1) is 9.08. The zero-order valence-electron chi connectivity index (χ0n) is 7.68. The molecule has 0 fully saturated rings. The van der Waals surface area contributed by atoms with Crippen molar-refractivity contribution in [3.8, 4) is 0 Å². The maximum atomic E-state index is 13.2. The minimum absolute atomic E-state index is 0.0467. The van der Waals surface area contributed by atoms with Crippen LogP contribution in [0.15, 0.2) is 18.2 Å². The van der Waals surface area contributed by atoms with Crippen LogP contribution in [0.1, 0.15) is 13.0 Å². The number of halogens is 1. The van der Waals surface area contributed by atoms with Crippen LogP contribution in [0.2, 0.25) is 0 Å². The zero-order chi connectivity index (χ0) is 10.1. The normalized spacial score (nSPS) is 13.4. The molecule has 1 atom stereocenters. The number of fused-ring (bicyclic) bond motifs is 1. The predicted octanol–water partition coefficient (Wildman–Crippen LogP) is 1.12. The molecule has 0 aliphatic carbocycles. The highest BCUT2D eigenvalue weighted by molar-refractivity contribution is 5.74. The Morgan fingerprint density at radius 1 is 1.57 bits per heavy atom. The van der Waals surface area contributed by atoms with Crippen LogP contribution in [0.5, 0.6) is 0 Å². The molecule has 14 heavy (non-hydrogen) atoms. The van der Waals surface area contributed by atoms with E-state index in [0.29, 0.717) is 5.52 Å². The van der Waals surface area contributed by atoms with E-state index >= 15 is 0 Å². The Hall–Kier alpha value is -1.49. The Bertz CT molecular complexity index is 454. The summed E-state index contributed by atoms with van der Waals surface area (Å²) in [7, 11) is 0. The van der Waals surface area contributed by atoms with Gasteiger partial charge in [-0.3, -0.25) is 0 Å².